The summed E-state index contributed by atoms with van der Waals surface area (Å²) in [5.41, 5.74) is -0.274. The van der Waals surface area contributed by atoms with Gasteiger partial charge < -0.3 is 10.4 Å². The molecule has 1 aromatic rings. The number of hydrogen-bond acceptors (Lipinski definition) is 4. The Kier molecular flexibility index (Phi) is 6.02. The van der Waals surface area contributed by atoms with E-state index in [2.05, 4.69) is 5.32 Å². The number of hydrogen-bond donors (Lipinski definition) is 2. The van der Waals surface area contributed by atoms with Crippen molar-refractivity contribution in [2.24, 2.45) is 17.3 Å². The minimum atomic E-state index is -4.60. The Labute approximate surface area is 154 Å². The van der Waals surface area contributed by atoms with E-state index in [0.717, 1.165) is 4.88 Å². The van der Waals surface area contributed by atoms with Crippen LogP contribution in [0.15, 0.2) is 17.5 Å². The van der Waals surface area contributed by atoms with E-state index in [1.807, 2.05) is 38.3 Å². The van der Waals surface area contributed by atoms with Crippen molar-refractivity contribution in [1.29, 1.82) is 0 Å². The zero-order valence-electron chi connectivity index (χ0n) is 14.8. The molecule has 1 aromatic heterocycles. The summed E-state index contributed by atoms with van der Waals surface area (Å²) in [6, 6.07) is 3.50. The standard InChI is InChI=1S/C17H23F3N2O3S/c1-16(2,3)14(12-5-4-6-26-12)21-13(23)9-22-7-10(15(24)25)11(8-22)17(18,19)20/h4-6,10-11,14H,7-9H2,1-3H3,(H,21,23)(H,24,25)/t10-,11-,14?/m1/s1. The van der Waals surface area contributed by atoms with Crippen molar-refractivity contribution in [1.82, 2.24) is 10.2 Å². The fraction of sp³-hybridized carbons (Fsp3) is 0.647. The number of carbonyl (C=O) groups is 2. The first-order valence-corrected chi connectivity index (χ1v) is 9.12. The molecule has 0 saturated carbocycles. The molecule has 0 radical (unpaired) electrons. The SMILES string of the molecule is CC(C)(C)C(NC(=O)CN1C[C@@H](C(F)(F)F)[C@H](C(=O)O)C1)c1cccs1. The van der Waals surface area contributed by atoms with Crippen LogP contribution in [0.3, 0.4) is 0 Å². The van der Waals surface area contributed by atoms with Gasteiger partial charge in [0.2, 0.25) is 5.91 Å². The lowest BCUT2D eigenvalue weighted by atomic mass is 9.85. The largest absolute Gasteiger partial charge is 0.481 e. The summed E-state index contributed by atoms with van der Waals surface area (Å²) < 4.78 is 39.1. The molecule has 0 aromatic carbocycles. The molecule has 1 saturated heterocycles. The van der Waals surface area contributed by atoms with E-state index in [9.17, 15) is 22.8 Å². The smallest absolute Gasteiger partial charge is 0.393 e. The Morgan fingerprint density at radius 1 is 1.35 bits per heavy atom. The van der Waals surface area contributed by atoms with Gasteiger partial charge in [0, 0.05) is 18.0 Å². The van der Waals surface area contributed by atoms with E-state index in [1.54, 1.807) is 0 Å². The van der Waals surface area contributed by atoms with Gasteiger partial charge in [0.15, 0.2) is 0 Å². The van der Waals surface area contributed by atoms with E-state index < -0.39 is 36.4 Å². The van der Waals surface area contributed by atoms with Gasteiger partial charge >= 0.3 is 12.1 Å². The molecule has 1 aliphatic rings. The first kappa shape index (κ1) is 20.7. The van der Waals surface area contributed by atoms with Crippen molar-refractivity contribution in [3.63, 3.8) is 0 Å². The molecule has 2 rings (SSSR count). The minimum Gasteiger partial charge on any atom is -0.481 e. The van der Waals surface area contributed by atoms with Gasteiger partial charge in [-0.05, 0) is 16.9 Å². The molecule has 0 spiro atoms. The van der Waals surface area contributed by atoms with Crippen LogP contribution in [0.25, 0.3) is 0 Å². The topological polar surface area (TPSA) is 69.6 Å². The van der Waals surface area contributed by atoms with Gasteiger partial charge in [0.1, 0.15) is 0 Å². The van der Waals surface area contributed by atoms with Crippen LogP contribution < -0.4 is 5.32 Å². The third kappa shape index (κ3) is 4.97. The molecule has 1 aliphatic heterocycles. The van der Waals surface area contributed by atoms with Crippen LogP contribution in [0.2, 0.25) is 0 Å². The number of carboxylic acids is 1. The lowest BCUT2D eigenvalue weighted by Crippen LogP contribution is -2.42. The molecule has 1 unspecified atom stereocenters. The number of nitrogens with zero attached hydrogens (tertiary/aromatic N) is 1. The molecule has 2 N–H and O–H groups in total. The van der Waals surface area contributed by atoms with E-state index >= 15 is 0 Å². The fourth-order valence-corrected chi connectivity index (χ4v) is 4.20. The summed E-state index contributed by atoms with van der Waals surface area (Å²) in [5, 5.41) is 13.8. The lowest BCUT2D eigenvalue weighted by Gasteiger charge is -2.31. The van der Waals surface area contributed by atoms with E-state index in [0.29, 0.717) is 0 Å². The van der Waals surface area contributed by atoms with Crippen molar-refractivity contribution in [3.8, 4) is 0 Å². The highest BCUT2D eigenvalue weighted by Gasteiger charge is 2.52. The van der Waals surface area contributed by atoms with Gasteiger partial charge in [-0.25, -0.2) is 0 Å². The monoisotopic (exact) mass is 392 g/mol. The van der Waals surface area contributed by atoms with Crippen molar-refractivity contribution in [2.45, 2.75) is 33.0 Å². The fourth-order valence-electron chi connectivity index (χ4n) is 3.18. The highest BCUT2D eigenvalue weighted by Crippen LogP contribution is 2.38. The Morgan fingerprint density at radius 3 is 2.42 bits per heavy atom. The molecule has 1 amide bonds. The first-order chi connectivity index (χ1) is 11.9. The van der Waals surface area contributed by atoms with Crippen LogP contribution in [0.1, 0.15) is 31.7 Å². The molecule has 3 atom stereocenters. The number of carbonyl (C=O) groups excluding carboxylic acids is 1. The number of amides is 1. The van der Waals surface area contributed by atoms with Crippen molar-refractivity contribution in [2.75, 3.05) is 19.6 Å². The number of rotatable bonds is 5. The number of aliphatic carboxylic acids is 1. The molecule has 0 bridgehead atoms. The zero-order chi connectivity index (χ0) is 19.7. The normalized spacial score (nSPS) is 23.0. The molecule has 1 fully saturated rings. The quantitative estimate of drug-likeness (QED) is 0.808. The summed E-state index contributed by atoms with van der Waals surface area (Å²) in [4.78, 5) is 25.8. The lowest BCUT2D eigenvalue weighted by molar-refractivity contribution is -0.188. The number of carboxylic acid groups (broad SMARTS) is 1. The summed E-state index contributed by atoms with van der Waals surface area (Å²) in [6.07, 6.45) is -4.60. The molecule has 146 valence electrons. The summed E-state index contributed by atoms with van der Waals surface area (Å²) in [5.74, 6) is -5.39. The Morgan fingerprint density at radius 2 is 2.00 bits per heavy atom. The average molecular weight is 392 g/mol. The minimum absolute atomic E-state index is 0.256. The van der Waals surface area contributed by atoms with Gasteiger partial charge in [-0.15, -0.1) is 11.3 Å². The molecule has 26 heavy (non-hydrogen) atoms. The molecule has 2 heterocycles. The maximum absolute atomic E-state index is 13.0. The zero-order valence-corrected chi connectivity index (χ0v) is 15.7. The van der Waals surface area contributed by atoms with Crippen LogP contribution >= 0.6 is 11.3 Å². The second kappa shape index (κ2) is 7.56. The van der Waals surface area contributed by atoms with Crippen molar-refractivity contribution in [3.05, 3.63) is 22.4 Å². The number of nitrogens with one attached hydrogen (secondary N) is 1. The van der Waals surface area contributed by atoms with E-state index in [4.69, 9.17) is 5.11 Å². The summed E-state index contributed by atoms with van der Waals surface area (Å²) in [7, 11) is 0. The van der Waals surface area contributed by atoms with Gasteiger partial charge in [-0.2, -0.15) is 13.2 Å². The van der Waals surface area contributed by atoms with Crippen LogP contribution in [-0.2, 0) is 9.59 Å². The highest BCUT2D eigenvalue weighted by molar-refractivity contribution is 7.10. The molecular weight excluding hydrogens is 369 g/mol. The Balaban J connectivity index is 2.04. The third-order valence-corrected chi connectivity index (χ3v) is 5.44. The molecule has 9 heteroatoms. The van der Waals surface area contributed by atoms with Crippen LogP contribution in [-0.4, -0.2) is 47.7 Å². The van der Waals surface area contributed by atoms with Crippen LogP contribution in [0.4, 0.5) is 13.2 Å². The van der Waals surface area contributed by atoms with Gasteiger partial charge in [-0.1, -0.05) is 26.8 Å². The molecule has 0 aliphatic carbocycles. The predicted molar refractivity (Wildman–Crippen MR) is 91.8 cm³/mol. The van der Waals surface area contributed by atoms with Crippen LogP contribution in [0.5, 0.6) is 0 Å². The second-order valence-electron chi connectivity index (χ2n) is 7.67. The van der Waals surface area contributed by atoms with Gasteiger partial charge in [0.25, 0.3) is 0 Å². The maximum atomic E-state index is 13.0. The second-order valence-corrected chi connectivity index (χ2v) is 8.65. The Hall–Kier alpha value is -1.61. The van der Waals surface area contributed by atoms with Crippen LogP contribution in [0, 0.1) is 17.3 Å². The number of halogens is 3. The number of alkyl halides is 3. The highest BCUT2D eigenvalue weighted by atomic mass is 32.1. The predicted octanol–water partition coefficient (Wildman–Crippen LogP) is 3.15. The maximum Gasteiger partial charge on any atom is 0.393 e. The third-order valence-electron chi connectivity index (χ3n) is 4.50. The number of likely N-dealkylation sites (tertiary alicyclic amines) is 1. The van der Waals surface area contributed by atoms with Crippen molar-refractivity contribution < 1.29 is 27.9 Å². The van der Waals surface area contributed by atoms with Crippen molar-refractivity contribution >= 4 is 23.2 Å². The molecule has 5 nitrogen and oxygen atoms in total. The van der Waals surface area contributed by atoms with E-state index in [-0.39, 0.29) is 24.5 Å². The summed E-state index contributed by atoms with van der Waals surface area (Å²) in [6.45, 7) is 4.88. The molecular formula is C17H23F3N2O3S. The summed E-state index contributed by atoms with van der Waals surface area (Å²) >= 11 is 1.50. The number of thiophene rings is 1. The van der Waals surface area contributed by atoms with E-state index in [1.165, 1.54) is 16.2 Å². The van der Waals surface area contributed by atoms with Gasteiger partial charge in [0.05, 0.1) is 24.4 Å². The first-order valence-electron chi connectivity index (χ1n) is 8.24. The van der Waals surface area contributed by atoms with Gasteiger partial charge in [-0.3, -0.25) is 14.5 Å². The Bertz CT molecular complexity index is 641. The average Bonchev–Trinajstić information content (AvgIpc) is 3.11.